The Kier molecular flexibility index (Phi) is 3.98. The molecule has 118 valence electrons. The van der Waals surface area contributed by atoms with E-state index in [0.717, 1.165) is 26.1 Å². The van der Waals surface area contributed by atoms with Gasteiger partial charge in [0.1, 0.15) is 11.3 Å². The summed E-state index contributed by atoms with van der Waals surface area (Å²) in [4.78, 5) is 26.2. The van der Waals surface area contributed by atoms with Crippen molar-refractivity contribution in [2.75, 3.05) is 20.2 Å². The molecular formula is C15H20N4O3. The van der Waals surface area contributed by atoms with Crippen LogP contribution in [-0.4, -0.2) is 51.9 Å². The summed E-state index contributed by atoms with van der Waals surface area (Å²) in [6, 6.07) is 0.431. The monoisotopic (exact) mass is 304 g/mol. The van der Waals surface area contributed by atoms with Crippen molar-refractivity contribution in [1.82, 2.24) is 19.7 Å². The normalized spacial score (nSPS) is 18.9. The van der Waals surface area contributed by atoms with Crippen LogP contribution in [0.5, 0.6) is 0 Å². The Hall–Kier alpha value is -2.15. The van der Waals surface area contributed by atoms with E-state index < -0.39 is 5.97 Å². The molecule has 3 aliphatic heterocycles. The first kappa shape index (κ1) is 14.8. The number of esters is 1. The SMILES string of the molecule is CCN1CCCC1Cn1cc(C(=O)OC)c2n[nH]c(=O)c-2c1. The fourth-order valence-electron chi connectivity index (χ4n) is 3.22. The van der Waals surface area contributed by atoms with Gasteiger partial charge < -0.3 is 9.30 Å². The number of hydrogen-bond acceptors (Lipinski definition) is 5. The van der Waals surface area contributed by atoms with Crippen molar-refractivity contribution in [3.8, 4) is 11.3 Å². The summed E-state index contributed by atoms with van der Waals surface area (Å²) < 4.78 is 6.71. The van der Waals surface area contributed by atoms with Gasteiger partial charge in [-0.15, -0.1) is 0 Å². The number of fused-ring (bicyclic) bond motifs is 1. The van der Waals surface area contributed by atoms with Gasteiger partial charge in [0.15, 0.2) is 0 Å². The Labute approximate surface area is 128 Å². The van der Waals surface area contributed by atoms with Crippen molar-refractivity contribution in [3.05, 3.63) is 28.3 Å². The molecule has 7 heteroatoms. The molecule has 0 bridgehead atoms. The zero-order chi connectivity index (χ0) is 15.7. The predicted octanol–water partition coefficient (Wildman–Crippen LogP) is 0.947. The minimum absolute atomic E-state index is 0.284. The summed E-state index contributed by atoms with van der Waals surface area (Å²) in [6.07, 6.45) is 5.80. The second-order valence-electron chi connectivity index (χ2n) is 5.60. The minimum atomic E-state index is -0.482. The van der Waals surface area contributed by atoms with Gasteiger partial charge in [-0.25, -0.2) is 9.89 Å². The van der Waals surface area contributed by atoms with E-state index >= 15 is 0 Å². The average molecular weight is 304 g/mol. The number of hydrogen-bond donors (Lipinski definition) is 1. The highest BCUT2D eigenvalue weighted by atomic mass is 16.5. The molecule has 22 heavy (non-hydrogen) atoms. The topological polar surface area (TPSA) is 80.2 Å². The van der Waals surface area contributed by atoms with Crippen LogP contribution in [0.1, 0.15) is 30.1 Å². The van der Waals surface area contributed by atoms with E-state index in [9.17, 15) is 9.59 Å². The van der Waals surface area contributed by atoms with Crippen molar-refractivity contribution in [2.45, 2.75) is 32.4 Å². The van der Waals surface area contributed by atoms with Crippen LogP contribution in [-0.2, 0) is 11.3 Å². The molecule has 0 amide bonds. The molecule has 1 unspecified atom stereocenters. The molecule has 1 fully saturated rings. The highest BCUT2D eigenvalue weighted by Gasteiger charge is 2.26. The van der Waals surface area contributed by atoms with Crippen LogP contribution in [0.2, 0.25) is 0 Å². The van der Waals surface area contributed by atoms with Gasteiger partial charge in [-0.1, -0.05) is 6.92 Å². The second kappa shape index (κ2) is 5.92. The number of pyridine rings is 1. The largest absolute Gasteiger partial charge is 0.465 e. The lowest BCUT2D eigenvalue weighted by atomic mass is 10.1. The number of aromatic nitrogens is 3. The van der Waals surface area contributed by atoms with E-state index in [4.69, 9.17) is 4.74 Å². The standard InChI is InChI=1S/C15H20N4O3/c1-3-19-6-4-5-10(19)7-18-8-11-13(16-17-14(11)20)12(9-18)15(21)22-2/h8-10H,3-7H2,1-2H3,(H,17,20). The Morgan fingerprint density at radius 3 is 3.05 bits per heavy atom. The minimum Gasteiger partial charge on any atom is -0.465 e. The summed E-state index contributed by atoms with van der Waals surface area (Å²) >= 11 is 0. The third-order valence-electron chi connectivity index (χ3n) is 4.35. The molecule has 0 aromatic rings. The lowest BCUT2D eigenvalue weighted by molar-refractivity contribution is 0.0600. The Morgan fingerprint density at radius 1 is 1.50 bits per heavy atom. The van der Waals surface area contributed by atoms with Gasteiger partial charge in [-0.05, 0) is 25.9 Å². The van der Waals surface area contributed by atoms with Crippen molar-refractivity contribution in [3.63, 3.8) is 0 Å². The van der Waals surface area contributed by atoms with Crippen molar-refractivity contribution >= 4 is 5.97 Å². The highest BCUT2D eigenvalue weighted by molar-refractivity contribution is 5.95. The smallest absolute Gasteiger partial charge is 0.341 e. The van der Waals surface area contributed by atoms with Crippen LogP contribution in [0.25, 0.3) is 11.3 Å². The summed E-state index contributed by atoms with van der Waals surface area (Å²) in [7, 11) is 1.33. The lowest BCUT2D eigenvalue weighted by Crippen LogP contribution is -2.33. The van der Waals surface area contributed by atoms with Crippen LogP contribution < -0.4 is 5.56 Å². The molecule has 1 atom stereocenters. The van der Waals surface area contributed by atoms with Gasteiger partial charge in [0, 0.05) is 25.0 Å². The molecule has 1 saturated heterocycles. The van der Waals surface area contributed by atoms with Crippen LogP contribution in [0.15, 0.2) is 17.2 Å². The summed E-state index contributed by atoms with van der Waals surface area (Å²) in [5.74, 6) is -0.482. The lowest BCUT2D eigenvalue weighted by Gasteiger charge is -2.24. The molecule has 0 aromatic carbocycles. The highest BCUT2D eigenvalue weighted by Crippen LogP contribution is 2.23. The summed E-state index contributed by atoms with van der Waals surface area (Å²) in [6.45, 7) is 5.01. The second-order valence-corrected chi connectivity index (χ2v) is 5.60. The summed E-state index contributed by atoms with van der Waals surface area (Å²) in [5.41, 5.74) is 0.823. The first-order chi connectivity index (χ1) is 10.6. The van der Waals surface area contributed by atoms with Crippen LogP contribution in [0.3, 0.4) is 0 Å². The number of aromatic amines is 1. The van der Waals surface area contributed by atoms with Gasteiger partial charge in [-0.3, -0.25) is 9.69 Å². The fourth-order valence-corrected chi connectivity index (χ4v) is 3.22. The van der Waals surface area contributed by atoms with Crippen LogP contribution in [0.4, 0.5) is 0 Å². The van der Waals surface area contributed by atoms with Crippen LogP contribution >= 0.6 is 0 Å². The van der Waals surface area contributed by atoms with Crippen molar-refractivity contribution in [2.24, 2.45) is 0 Å². The first-order valence-electron chi connectivity index (χ1n) is 7.54. The van der Waals surface area contributed by atoms with Gasteiger partial charge >= 0.3 is 5.97 Å². The average Bonchev–Trinajstić information content (AvgIpc) is 3.13. The first-order valence-corrected chi connectivity index (χ1v) is 7.54. The van der Waals surface area contributed by atoms with Gasteiger partial charge in [0.2, 0.25) is 0 Å². The number of carbonyl (C=O) groups is 1. The van der Waals surface area contributed by atoms with Crippen LogP contribution in [0, 0.1) is 0 Å². The van der Waals surface area contributed by atoms with Gasteiger partial charge in [-0.2, -0.15) is 5.10 Å². The maximum atomic E-state index is 11.9. The Bertz CT molecular complexity index is 705. The number of likely N-dealkylation sites (N-methyl/N-ethyl adjacent to an activating group) is 1. The molecule has 0 aliphatic carbocycles. The molecule has 3 aliphatic rings. The number of nitrogens with zero attached hydrogens (tertiary/aromatic N) is 3. The molecule has 3 heterocycles. The predicted molar refractivity (Wildman–Crippen MR) is 81.1 cm³/mol. The van der Waals surface area contributed by atoms with Crippen molar-refractivity contribution < 1.29 is 9.53 Å². The molecule has 0 aromatic heterocycles. The maximum absolute atomic E-state index is 11.9. The van der Waals surface area contributed by atoms with Gasteiger partial charge in [0.05, 0.1) is 12.7 Å². The van der Waals surface area contributed by atoms with Crippen molar-refractivity contribution in [1.29, 1.82) is 0 Å². The zero-order valence-electron chi connectivity index (χ0n) is 12.8. The van der Waals surface area contributed by atoms with E-state index in [1.807, 2.05) is 4.57 Å². The van der Waals surface area contributed by atoms with E-state index in [0.29, 0.717) is 22.9 Å². The molecule has 7 nitrogen and oxygen atoms in total. The number of likely N-dealkylation sites (tertiary alicyclic amines) is 1. The quantitative estimate of drug-likeness (QED) is 0.851. The number of methoxy groups -OCH3 is 1. The number of rotatable bonds is 4. The molecule has 3 rings (SSSR count). The van der Waals surface area contributed by atoms with E-state index in [1.54, 1.807) is 12.4 Å². The van der Waals surface area contributed by atoms with E-state index in [1.165, 1.54) is 13.5 Å². The number of ether oxygens (including phenoxy) is 1. The van der Waals surface area contributed by atoms with E-state index in [2.05, 4.69) is 22.0 Å². The Balaban J connectivity index is 1.99. The molecule has 0 spiro atoms. The van der Waals surface area contributed by atoms with E-state index in [-0.39, 0.29) is 5.56 Å². The fraction of sp³-hybridized carbons (Fsp3) is 0.533. The van der Waals surface area contributed by atoms with Gasteiger partial charge in [0.25, 0.3) is 5.56 Å². The summed E-state index contributed by atoms with van der Waals surface area (Å²) in [5, 5.41) is 6.33. The third kappa shape index (κ3) is 2.52. The maximum Gasteiger partial charge on any atom is 0.341 e. The molecule has 1 N–H and O–H groups in total. The molecule has 0 saturated carbocycles. The molecule has 0 radical (unpaired) electrons. The molecular weight excluding hydrogens is 284 g/mol. The number of carbonyl (C=O) groups excluding carboxylic acids is 1. The number of nitrogens with one attached hydrogen (secondary N) is 1. The Morgan fingerprint density at radius 2 is 2.32 bits per heavy atom. The third-order valence-corrected chi connectivity index (χ3v) is 4.35. The zero-order valence-corrected chi connectivity index (χ0v) is 12.8. The number of H-pyrrole nitrogens is 1.